The number of rotatable bonds is 5. The molecule has 19 heavy (non-hydrogen) atoms. The molecule has 1 aromatic rings. The van der Waals surface area contributed by atoms with E-state index in [9.17, 15) is 0 Å². The molecule has 2 N–H and O–H groups in total. The zero-order valence-electron chi connectivity index (χ0n) is 11.9. The highest BCUT2D eigenvalue weighted by molar-refractivity contribution is 5.51. The largest absolute Gasteiger partial charge is 0.493 e. The number of likely N-dealkylation sites (tertiary alicyclic amines) is 1. The zero-order valence-corrected chi connectivity index (χ0v) is 11.9. The van der Waals surface area contributed by atoms with Crippen LogP contribution in [0.1, 0.15) is 25.7 Å². The lowest BCUT2D eigenvalue weighted by molar-refractivity contribution is 0.152. The van der Waals surface area contributed by atoms with Crippen molar-refractivity contribution >= 4 is 5.69 Å². The molecule has 1 aliphatic heterocycles. The number of hydrogen-bond donors (Lipinski definition) is 1. The van der Waals surface area contributed by atoms with Crippen LogP contribution in [0.3, 0.4) is 0 Å². The maximum Gasteiger partial charge on any atom is 0.163 e. The second-order valence-electron chi connectivity index (χ2n) is 5.18. The summed E-state index contributed by atoms with van der Waals surface area (Å²) < 4.78 is 11.1. The molecule has 1 unspecified atom stereocenters. The number of hydrogen-bond acceptors (Lipinski definition) is 4. The van der Waals surface area contributed by atoms with Crippen LogP contribution in [0.5, 0.6) is 11.5 Å². The molecule has 1 saturated heterocycles. The third-order valence-electron chi connectivity index (χ3n) is 3.82. The number of benzene rings is 1. The Labute approximate surface area is 115 Å². The van der Waals surface area contributed by atoms with Crippen molar-refractivity contribution in [2.24, 2.45) is 0 Å². The van der Waals surface area contributed by atoms with Gasteiger partial charge < -0.3 is 20.1 Å². The summed E-state index contributed by atoms with van der Waals surface area (Å²) in [4.78, 5) is 2.43. The second-order valence-corrected chi connectivity index (χ2v) is 5.18. The minimum absolute atomic E-state index is 0.640. The quantitative estimate of drug-likeness (QED) is 0.830. The summed E-state index contributed by atoms with van der Waals surface area (Å²) in [5.41, 5.74) is 6.47. The molecule has 0 radical (unpaired) electrons. The first-order valence-electron chi connectivity index (χ1n) is 6.97. The van der Waals surface area contributed by atoms with Crippen LogP contribution in [0.2, 0.25) is 0 Å². The first-order chi connectivity index (χ1) is 9.20. The van der Waals surface area contributed by atoms with E-state index >= 15 is 0 Å². The highest BCUT2D eigenvalue weighted by Gasteiger charge is 2.18. The SMILES string of the molecule is COc1ccc(N)cc1OCCC1CCCCN1C. The van der Waals surface area contributed by atoms with Crippen LogP contribution in [0, 0.1) is 0 Å². The van der Waals surface area contributed by atoms with Crippen LogP contribution in [-0.2, 0) is 0 Å². The third-order valence-corrected chi connectivity index (χ3v) is 3.82. The summed E-state index contributed by atoms with van der Waals surface area (Å²) in [5, 5.41) is 0. The fraction of sp³-hybridized carbons (Fsp3) is 0.600. The van der Waals surface area contributed by atoms with Crippen molar-refractivity contribution in [1.29, 1.82) is 0 Å². The van der Waals surface area contributed by atoms with Gasteiger partial charge in [-0.15, -0.1) is 0 Å². The van der Waals surface area contributed by atoms with Gasteiger partial charge in [0, 0.05) is 17.8 Å². The molecule has 0 aliphatic carbocycles. The van der Waals surface area contributed by atoms with E-state index < -0.39 is 0 Å². The Bertz CT molecular complexity index is 409. The number of nitrogens with zero attached hydrogens (tertiary/aromatic N) is 1. The molecule has 1 atom stereocenters. The predicted octanol–water partition coefficient (Wildman–Crippen LogP) is 2.53. The summed E-state index contributed by atoms with van der Waals surface area (Å²) >= 11 is 0. The zero-order chi connectivity index (χ0) is 13.7. The molecular formula is C15H24N2O2. The van der Waals surface area contributed by atoms with E-state index in [1.807, 2.05) is 18.2 Å². The summed E-state index contributed by atoms with van der Waals surface area (Å²) in [5.74, 6) is 1.48. The molecule has 0 spiro atoms. The summed E-state index contributed by atoms with van der Waals surface area (Å²) in [6.45, 7) is 1.90. The van der Waals surface area contributed by atoms with Crippen LogP contribution >= 0.6 is 0 Å². The molecule has 0 bridgehead atoms. The summed E-state index contributed by atoms with van der Waals surface area (Å²) in [7, 11) is 3.85. The monoisotopic (exact) mass is 264 g/mol. The van der Waals surface area contributed by atoms with Gasteiger partial charge in [0.15, 0.2) is 11.5 Å². The molecule has 0 saturated carbocycles. The Kier molecular flexibility index (Phi) is 4.91. The van der Waals surface area contributed by atoms with Crippen molar-refractivity contribution in [3.05, 3.63) is 18.2 Å². The van der Waals surface area contributed by atoms with Gasteiger partial charge in [-0.05, 0) is 45.0 Å². The lowest BCUT2D eigenvalue weighted by Crippen LogP contribution is -2.37. The van der Waals surface area contributed by atoms with Gasteiger partial charge in [-0.2, -0.15) is 0 Å². The van der Waals surface area contributed by atoms with Gasteiger partial charge in [0.1, 0.15) is 0 Å². The molecule has 1 aromatic carbocycles. The van der Waals surface area contributed by atoms with Gasteiger partial charge in [0.25, 0.3) is 0 Å². The number of nitrogen functional groups attached to an aromatic ring is 1. The first-order valence-corrected chi connectivity index (χ1v) is 6.97. The maximum atomic E-state index is 5.83. The number of methoxy groups -OCH3 is 1. The van der Waals surface area contributed by atoms with Crippen molar-refractivity contribution in [3.63, 3.8) is 0 Å². The number of nitrogens with two attached hydrogens (primary N) is 1. The molecule has 2 rings (SSSR count). The highest BCUT2D eigenvalue weighted by Crippen LogP contribution is 2.29. The minimum Gasteiger partial charge on any atom is -0.493 e. The maximum absolute atomic E-state index is 5.83. The topological polar surface area (TPSA) is 47.7 Å². The van der Waals surface area contributed by atoms with Gasteiger partial charge in [-0.3, -0.25) is 0 Å². The number of ether oxygens (including phenoxy) is 2. The Morgan fingerprint density at radius 3 is 2.89 bits per heavy atom. The van der Waals surface area contributed by atoms with Gasteiger partial charge in [0.2, 0.25) is 0 Å². The molecular weight excluding hydrogens is 240 g/mol. The average Bonchev–Trinajstić information content (AvgIpc) is 2.41. The summed E-state index contributed by atoms with van der Waals surface area (Å²) in [6, 6.07) is 6.13. The Morgan fingerprint density at radius 2 is 2.16 bits per heavy atom. The molecule has 4 nitrogen and oxygen atoms in total. The van der Waals surface area contributed by atoms with Crippen LogP contribution in [0.25, 0.3) is 0 Å². The Balaban J connectivity index is 1.86. The smallest absolute Gasteiger partial charge is 0.163 e. The molecule has 4 heteroatoms. The Hall–Kier alpha value is -1.42. The average molecular weight is 264 g/mol. The summed E-state index contributed by atoms with van der Waals surface area (Å²) in [6.07, 6.45) is 4.97. The highest BCUT2D eigenvalue weighted by atomic mass is 16.5. The standard InChI is InChI=1S/C15H24N2O2/c1-17-9-4-3-5-13(17)8-10-19-15-11-12(16)6-7-14(15)18-2/h6-7,11,13H,3-5,8-10,16H2,1-2H3. The van der Waals surface area contributed by atoms with Crippen molar-refractivity contribution in [2.75, 3.05) is 33.0 Å². The van der Waals surface area contributed by atoms with Crippen LogP contribution < -0.4 is 15.2 Å². The number of anilines is 1. The van der Waals surface area contributed by atoms with E-state index in [4.69, 9.17) is 15.2 Å². The second kappa shape index (κ2) is 6.66. The predicted molar refractivity (Wildman–Crippen MR) is 77.8 cm³/mol. The van der Waals surface area contributed by atoms with E-state index in [1.54, 1.807) is 7.11 Å². The number of piperidine rings is 1. The lowest BCUT2D eigenvalue weighted by Gasteiger charge is -2.32. The van der Waals surface area contributed by atoms with Crippen LogP contribution in [0.4, 0.5) is 5.69 Å². The molecule has 1 heterocycles. The molecule has 106 valence electrons. The van der Waals surface area contributed by atoms with Crippen molar-refractivity contribution < 1.29 is 9.47 Å². The van der Waals surface area contributed by atoms with Crippen molar-refractivity contribution in [3.8, 4) is 11.5 Å². The minimum atomic E-state index is 0.640. The Morgan fingerprint density at radius 1 is 1.32 bits per heavy atom. The molecule has 1 fully saturated rings. The van der Waals surface area contributed by atoms with Crippen molar-refractivity contribution in [1.82, 2.24) is 4.90 Å². The van der Waals surface area contributed by atoms with E-state index in [0.29, 0.717) is 18.3 Å². The fourth-order valence-electron chi connectivity index (χ4n) is 2.62. The molecule has 0 amide bonds. The lowest BCUT2D eigenvalue weighted by atomic mass is 10.0. The first kappa shape index (κ1) is 14.0. The van der Waals surface area contributed by atoms with Gasteiger partial charge >= 0.3 is 0 Å². The van der Waals surface area contributed by atoms with Crippen LogP contribution in [0.15, 0.2) is 18.2 Å². The van der Waals surface area contributed by atoms with E-state index in [0.717, 1.165) is 17.9 Å². The van der Waals surface area contributed by atoms with E-state index in [1.165, 1.54) is 25.8 Å². The van der Waals surface area contributed by atoms with Crippen LogP contribution in [-0.4, -0.2) is 38.3 Å². The van der Waals surface area contributed by atoms with Gasteiger partial charge in [-0.1, -0.05) is 6.42 Å². The van der Waals surface area contributed by atoms with E-state index in [2.05, 4.69) is 11.9 Å². The normalized spacial score (nSPS) is 20.2. The van der Waals surface area contributed by atoms with Crippen molar-refractivity contribution in [2.45, 2.75) is 31.7 Å². The van der Waals surface area contributed by atoms with E-state index in [-0.39, 0.29) is 0 Å². The fourth-order valence-corrected chi connectivity index (χ4v) is 2.62. The van der Waals surface area contributed by atoms with Gasteiger partial charge in [-0.25, -0.2) is 0 Å². The molecule has 1 aliphatic rings. The molecule has 0 aromatic heterocycles. The third kappa shape index (κ3) is 3.77. The van der Waals surface area contributed by atoms with Gasteiger partial charge in [0.05, 0.1) is 13.7 Å².